The van der Waals surface area contributed by atoms with E-state index in [1.54, 1.807) is 0 Å². The molecule has 1 spiro atoms. The Morgan fingerprint density at radius 2 is 2.24 bits per heavy atom. The molecular formula is C13H22O2S2. The molecule has 0 N–H and O–H groups in total. The van der Waals surface area contributed by atoms with E-state index in [0.29, 0.717) is 16.6 Å². The first kappa shape index (κ1) is 13.6. The van der Waals surface area contributed by atoms with Gasteiger partial charge in [-0.3, -0.25) is 4.79 Å². The van der Waals surface area contributed by atoms with Crippen LogP contribution in [0.3, 0.4) is 0 Å². The van der Waals surface area contributed by atoms with Crippen LogP contribution >= 0.6 is 21.6 Å². The van der Waals surface area contributed by atoms with Crippen LogP contribution in [-0.4, -0.2) is 23.6 Å². The molecule has 2 fully saturated rings. The van der Waals surface area contributed by atoms with Crippen molar-refractivity contribution in [2.24, 2.45) is 17.8 Å². The summed E-state index contributed by atoms with van der Waals surface area (Å²) in [6.45, 7) is 4.52. The Bertz CT molecular complexity index is 287. The summed E-state index contributed by atoms with van der Waals surface area (Å²) >= 11 is 0. The quantitative estimate of drug-likeness (QED) is 0.566. The lowest BCUT2D eigenvalue weighted by atomic mass is 9.65. The lowest BCUT2D eigenvalue weighted by Gasteiger charge is -2.46. The first-order valence-electron chi connectivity index (χ1n) is 6.53. The van der Waals surface area contributed by atoms with E-state index in [1.165, 1.54) is 32.1 Å². The second-order valence-corrected chi connectivity index (χ2v) is 8.09. The molecule has 0 radical (unpaired) electrons. The van der Waals surface area contributed by atoms with Crippen molar-refractivity contribution < 1.29 is 9.53 Å². The summed E-state index contributed by atoms with van der Waals surface area (Å²) in [5.74, 6) is 2.53. The number of carbonyl (C=O) groups is 1. The molecule has 4 atom stereocenters. The highest BCUT2D eigenvalue weighted by Gasteiger charge is 2.50. The largest absolute Gasteiger partial charge is 0.469 e. The fourth-order valence-corrected chi connectivity index (χ4v) is 7.53. The number of carbonyl (C=O) groups excluding carboxylic acids is 1. The smallest absolute Gasteiger partial charge is 0.308 e. The van der Waals surface area contributed by atoms with Gasteiger partial charge in [-0.25, -0.2) is 0 Å². The molecule has 0 aromatic carbocycles. The second-order valence-electron chi connectivity index (χ2n) is 5.26. The zero-order valence-corrected chi connectivity index (χ0v) is 12.5. The van der Waals surface area contributed by atoms with Crippen molar-refractivity contribution in [1.82, 2.24) is 0 Å². The molecule has 98 valence electrons. The van der Waals surface area contributed by atoms with Gasteiger partial charge in [0.2, 0.25) is 0 Å². The average Bonchev–Trinajstić information content (AvgIpc) is 2.78. The molecule has 0 aromatic heterocycles. The molecule has 2 aliphatic rings. The Morgan fingerprint density at radius 3 is 2.76 bits per heavy atom. The van der Waals surface area contributed by atoms with Gasteiger partial charge in [0.15, 0.2) is 0 Å². The van der Waals surface area contributed by atoms with Crippen molar-refractivity contribution in [2.75, 3.05) is 12.9 Å². The fourth-order valence-electron chi connectivity index (χ4n) is 3.66. The van der Waals surface area contributed by atoms with Gasteiger partial charge < -0.3 is 4.74 Å². The molecule has 0 aromatic rings. The average molecular weight is 274 g/mol. The van der Waals surface area contributed by atoms with Crippen LogP contribution in [0.4, 0.5) is 0 Å². The van der Waals surface area contributed by atoms with Crippen molar-refractivity contribution in [3.8, 4) is 0 Å². The van der Waals surface area contributed by atoms with Crippen molar-refractivity contribution in [3.05, 3.63) is 0 Å². The highest BCUT2D eigenvalue weighted by atomic mass is 33.1. The number of ether oxygens (including phenoxy) is 1. The van der Waals surface area contributed by atoms with E-state index in [4.69, 9.17) is 4.74 Å². The third-order valence-electron chi connectivity index (χ3n) is 4.60. The maximum Gasteiger partial charge on any atom is 0.308 e. The van der Waals surface area contributed by atoms with Crippen LogP contribution in [0.5, 0.6) is 0 Å². The van der Waals surface area contributed by atoms with E-state index < -0.39 is 0 Å². The van der Waals surface area contributed by atoms with Gasteiger partial charge in [-0.15, -0.1) is 0 Å². The van der Waals surface area contributed by atoms with Crippen LogP contribution in [0.1, 0.15) is 39.5 Å². The molecule has 2 nitrogen and oxygen atoms in total. The molecular weight excluding hydrogens is 252 g/mol. The molecule has 4 unspecified atom stereocenters. The summed E-state index contributed by atoms with van der Waals surface area (Å²) in [5, 5.41) is 0. The first-order chi connectivity index (χ1) is 8.14. The highest BCUT2D eigenvalue weighted by molar-refractivity contribution is 8.77. The van der Waals surface area contributed by atoms with Gasteiger partial charge in [-0.1, -0.05) is 41.9 Å². The monoisotopic (exact) mass is 274 g/mol. The number of methoxy groups -OCH3 is 1. The topological polar surface area (TPSA) is 26.3 Å². The summed E-state index contributed by atoms with van der Waals surface area (Å²) in [6, 6.07) is 0. The molecule has 1 heterocycles. The van der Waals surface area contributed by atoms with Gasteiger partial charge in [0.05, 0.1) is 13.0 Å². The lowest BCUT2D eigenvalue weighted by molar-refractivity contribution is -0.150. The van der Waals surface area contributed by atoms with Gasteiger partial charge in [-0.05, 0) is 31.1 Å². The number of rotatable bonds is 2. The Morgan fingerprint density at radius 1 is 1.47 bits per heavy atom. The van der Waals surface area contributed by atoms with Gasteiger partial charge >= 0.3 is 5.97 Å². The van der Waals surface area contributed by atoms with E-state index in [9.17, 15) is 4.79 Å². The summed E-state index contributed by atoms with van der Waals surface area (Å²) in [5.41, 5.74) is 0. The van der Waals surface area contributed by atoms with Gasteiger partial charge in [0.25, 0.3) is 0 Å². The molecule has 1 saturated heterocycles. The molecule has 1 aliphatic heterocycles. The Kier molecular flexibility index (Phi) is 4.35. The zero-order valence-electron chi connectivity index (χ0n) is 10.9. The maximum atomic E-state index is 11.8. The van der Waals surface area contributed by atoms with Crippen LogP contribution in [0.2, 0.25) is 0 Å². The molecule has 2 rings (SSSR count). The number of hydrogen-bond donors (Lipinski definition) is 0. The van der Waals surface area contributed by atoms with Gasteiger partial charge in [0, 0.05) is 10.5 Å². The fraction of sp³-hybridized carbons (Fsp3) is 0.923. The SMILES string of the molecule is CCC1C(C)C(C(=O)OC)CCC12CCSS2. The van der Waals surface area contributed by atoms with E-state index >= 15 is 0 Å². The Labute approximate surface area is 112 Å². The molecule has 4 heteroatoms. The maximum absolute atomic E-state index is 11.8. The summed E-state index contributed by atoms with van der Waals surface area (Å²) < 4.78 is 5.40. The minimum absolute atomic E-state index is 0.00134. The predicted molar refractivity (Wildman–Crippen MR) is 75.1 cm³/mol. The standard InChI is InChI=1S/C13H22O2S2/c1-4-11-9(2)10(12(14)15-3)5-6-13(11)7-8-16-17-13/h9-11H,4-8H2,1-3H3. The van der Waals surface area contributed by atoms with Crippen LogP contribution in [-0.2, 0) is 9.53 Å². The van der Waals surface area contributed by atoms with E-state index in [-0.39, 0.29) is 11.9 Å². The number of esters is 1. The summed E-state index contributed by atoms with van der Waals surface area (Å²) in [6.07, 6.45) is 4.70. The molecule has 0 amide bonds. The van der Waals surface area contributed by atoms with E-state index in [1.807, 2.05) is 10.8 Å². The van der Waals surface area contributed by atoms with Crippen LogP contribution < -0.4 is 0 Å². The zero-order chi connectivity index (χ0) is 12.5. The number of hydrogen-bond acceptors (Lipinski definition) is 4. The van der Waals surface area contributed by atoms with Crippen molar-refractivity contribution in [2.45, 2.75) is 44.3 Å². The Balaban J connectivity index is 2.16. The third-order valence-corrected chi connectivity index (χ3v) is 7.98. The summed E-state index contributed by atoms with van der Waals surface area (Å²) in [7, 11) is 5.62. The van der Waals surface area contributed by atoms with E-state index in [2.05, 4.69) is 24.6 Å². The summed E-state index contributed by atoms with van der Waals surface area (Å²) in [4.78, 5) is 11.8. The Hall–Kier alpha value is 0.170. The second kappa shape index (κ2) is 5.43. The van der Waals surface area contributed by atoms with Crippen LogP contribution in [0, 0.1) is 17.8 Å². The third kappa shape index (κ3) is 2.35. The molecule has 0 bridgehead atoms. The van der Waals surface area contributed by atoms with Crippen LogP contribution in [0.25, 0.3) is 0 Å². The van der Waals surface area contributed by atoms with Crippen LogP contribution in [0.15, 0.2) is 0 Å². The highest BCUT2D eigenvalue weighted by Crippen LogP contribution is 2.59. The molecule has 1 aliphatic carbocycles. The lowest BCUT2D eigenvalue weighted by Crippen LogP contribution is -2.46. The van der Waals surface area contributed by atoms with Gasteiger partial charge in [-0.2, -0.15) is 0 Å². The van der Waals surface area contributed by atoms with Crippen molar-refractivity contribution in [3.63, 3.8) is 0 Å². The minimum Gasteiger partial charge on any atom is -0.469 e. The van der Waals surface area contributed by atoms with E-state index in [0.717, 1.165) is 6.42 Å². The minimum atomic E-state index is 0.00134. The predicted octanol–water partition coefficient (Wildman–Crippen LogP) is 3.76. The van der Waals surface area contributed by atoms with Gasteiger partial charge in [0.1, 0.15) is 0 Å². The normalized spacial score (nSPS) is 41.7. The molecule has 17 heavy (non-hydrogen) atoms. The molecule has 1 saturated carbocycles. The first-order valence-corrected chi connectivity index (χ1v) is 8.85. The van der Waals surface area contributed by atoms with Crippen molar-refractivity contribution in [1.29, 1.82) is 0 Å². The van der Waals surface area contributed by atoms with Crippen molar-refractivity contribution >= 4 is 27.6 Å².